The summed E-state index contributed by atoms with van der Waals surface area (Å²) in [6, 6.07) is 10.9. The minimum absolute atomic E-state index is 0.00925. The van der Waals surface area contributed by atoms with E-state index in [1.54, 1.807) is 24.3 Å². The molecule has 0 atom stereocenters. The molecular weight excluding hydrogens is 540 g/mol. The number of carbonyl (C=O) groups is 2. The Kier molecular flexibility index (Phi) is 10.3. The number of nitrogens with zero attached hydrogens (tertiary/aromatic N) is 2. The zero-order valence-corrected chi connectivity index (χ0v) is 23.9. The molecule has 3 N–H and O–H groups in total. The normalized spacial score (nSPS) is 11.4. The molecule has 0 aliphatic carbocycles. The summed E-state index contributed by atoms with van der Waals surface area (Å²) in [5.41, 5.74) is 0.660. The summed E-state index contributed by atoms with van der Waals surface area (Å²) in [4.78, 5) is 24.0. The predicted octanol–water partition coefficient (Wildman–Crippen LogP) is 3.98. The van der Waals surface area contributed by atoms with Gasteiger partial charge in [0.25, 0.3) is 0 Å². The molecule has 0 aliphatic heterocycles. The van der Waals surface area contributed by atoms with Crippen molar-refractivity contribution in [3.63, 3.8) is 0 Å². The van der Waals surface area contributed by atoms with Crippen LogP contribution in [0.2, 0.25) is 0 Å². The van der Waals surface area contributed by atoms with E-state index in [2.05, 4.69) is 15.1 Å². The van der Waals surface area contributed by atoms with E-state index in [9.17, 15) is 23.1 Å². The largest absolute Gasteiger partial charge is 0.497 e. The Morgan fingerprint density at radius 1 is 1.10 bits per heavy atom. The molecule has 0 unspecified atom stereocenters. The molecule has 1 amide bonds. The number of amides is 1. The van der Waals surface area contributed by atoms with Crippen molar-refractivity contribution in [3.8, 4) is 23.1 Å². The number of aromatic carboxylic acids is 1. The zero-order chi connectivity index (χ0) is 29.4. The van der Waals surface area contributed by atoms with Gasteiger partial charge in [0.1, 0.15) is 16.4 Å². The summed E-state index contributed by atoms with van der Waals surface area (Å²) in [5, 5.41) is 16.6. The van der Waals surface area contributed by atoms with Gasteiger partial charge in [-0.1, -0.05) is 13.8 Å². The number of carbonyl (C=O) groups excluding carboxylic acids is 1. The SMILES string of the molecule is COCCCNS(=O)(=O)c1cc(NC(=O)CC(C)C)ccc1Oc1c(C)c(C(=O)O)nn1-c1ccc(OC)cc1. The van der Waals surface area contributed by atoms with E-state index >= 15 is 0 Å². The van der Waals surface area contributed by atoms with Gasteiger partial charge in [-0.3, -0.25) is 4.79 Å². The third kappa shape index (κ3) is 7.58. The van der Waals surface area contributed by atoms with E-state index in [1.807, 2.05) is 13.8 Å². The van der Waals surface area contributed by atoms with E-state index in [1.165, 1.54) is 44.0 Å². The fourth-order valence-corrected chi connectivity index (χ4v) is 5.00. The van der Waals surface area contributed by atoms with Crippen LogP contribution >= 0.6 is 0 Å². The van der Waals surface area contributed by atoms with E-state index in [-0.39, 0.29) is 58.3 Å². The van der Waals surface area contributed by atoms with Gasteiger partial charge >= 0.3 is 5.97 Å². The van der Waals surface area contributed by atoms with Crippen molar-refractivity contribution in [3.05, 3.63) is 53.7 Å². The maximum Gasteiger partial charge on any atom is 0.356 e. The number of rotatable bonds is 14. The van der Waals surface area contributed by atoms with Gasteiger partial charge < -0.3 is 24.6 Å². The van der Waals surface area contributed by atoms with E-state index in [0.29, 0.717) is 24.5 Å². The monoisotopic (exact) mass is 574 g/mol. The summed E-state index contributed by atoms with van der Waals surface area (Å²) < 4.78 is 46.8. The number of hydrogen-bond acceptors (Lipinski definition) is 8. The van der Waals surface area contributed by atoms with Gasteiger partial charge in [-0.15, -0.1) is 0 Å². The summed E-state index contributed by atoms with van der Waals surface area (Å²) in [6.07, 6.45) is 0.690. The number of nitrogens with one attached hydrogen (secondary N) is 2. The molecule has 12 nitrogen and oxygen atoms in total. The van der Waals surface area contributed by atoms with Crippen LogP contribution in [-0.2, 0) is 19.6 Å². The minimum Gasteiger partial charge on any atom is -0.497 e. The quantitative estimate of drug-likeness (QED) is 0.242. The number of aromatic nitrogens is 2. The van der Waals surface area contributed by atoms with Gasteiger partial charge in [0.05, 0.1) is 12.8 Å². The highest BCUT2D eigenvalue weighted by Crippen LogP contribution is 2.35. The second-order valence-corrected chi connectivity index (χ2v) is 11.1. The Balaban J connectivity index is 2.09. The molecule has 13 heteroatoms. The lowest BCUT2D eigenvalue weighted by Crippen LogP contribution is -2.26. The highest BCUT2D eigenvalue weighted by atomic mass is 32.2. The molecule has 40 heavy (non-hydrogen) atoms. The van der Waals surface area contributed by atoms with Crippen LogP contribution in [-0.4, -0.2) is 62.6 Å². The molecule has 3 rings (SSSR count). The van der Waals surface area contributed by atoms with Crippen LogP contribution in [0.25, 0.3) is 5.69 Å². The highest BCUT2D eigenvalue weighted by Gasteiger charge is 2.26. The van der Waals surface area contributed by atoms with E-state index in [0.717, 1.165) is 0 Å². The molecule has 216 valence electrons. The fourth-order valence-electron chi connectivity index (χ4n) is 3.77. The average molecular weight is 575 g/mol. The molecule has 0 radical (unpaired) electrons. The van der Waals surface area contributed by atoms with Gasteiger partial charge in [-0.05, 0) is 61.7 Å². The second kappa shape index (κ2) is 13.4. The minimum atomic E-state index is -4.13. The predicted molar refractivity (Wildman–Crippen MR) is 148 cm³/mol. The summed E-state index contributed by atoms with van der Waals surface area (Å²) in [5.74, 6) is -0.926. The van der Waals surface area contributed by atoms with Crippen LogP contribution < -0.4 is 19.5 Å². The Hall–Kier alpha value is -3.94. The molecule has 1 aromatic heterocycles. The van der Waals surface area contributed by atoms with Crippen molar-refractivity contribution in [2.45, 2.75) is 38.5 Å². The van der Waals surface area contributed by atoms with Gasteiger partial charge in [0.2, 0.25) is 21.8 Å². The molecule has 0 spiro atoms. The topological polar surface area (TPSA) is 158 Å². The first-order valence-corrected chi connectivity index (χ1v) is 14.0. The molecule has 0 saturated carbocycles. The van der Waals surface area contributed by atoms with Crippen molar-refractivity contribution >= 4 is 27.6 Å². The van der Waals surface area contributed by atoms with Crippen molar-refractivity contribution < 1.29 is 37.3 Å². The first kappa shape index (κ1) is 30.6. The Morgan fingerprint density at radius 3 is 2.40 bits per heavy atom. The Morgan fingerprint density at radius 2 is 1.80 bits per heavy atom. The maximum atomic E-state index is 13.4. The van der Waals surface area contributed by atoms with Gasteiger partial charge in [-0.25, -0.2) is 17.9 Å². The van der Waals surface area contributed by atoms with Crippen LogP contribution in [0.3, 0.4) is 0 Å². The number of methoxy groups -OCH3 is 2. The number of sulfonamides is 1. The smallest absolute Gasteiger partial charge is 0.356 e. The summed E-state index contributed by atoms with van der Waals surface area (Å²) in [7, 11) is -1.09. The number of benzene rings is 2. The van der Waals surface area contributed by atoms with Crippen LogP contribution in [0, 0.1) is 12.8 Å². The van der Waals surface area contributed by atoms with Crippen LogP contribution in [0.1, 0.15) is 42.7 Å². The van der Waals surface area contributed by atoms with Crippen molar-refractivity contribution in [2.75, 3.05) is 32.7 Å². The standard InChI is InChI=1S/C27H34N4O8S/c1-17(2)15-24(32)29-19-7-12-22(23(16-19)40(35,36)28-13-6-14-37-4)39-26-18(3)25(27(33)34)30-31(26)20-8-10-21(38-5)11-9-20/h7-12,16-17,28H,6,13-15H2,1-5H3,(H,29,32)(H,33,34). The molecule has 0 aliphatic rings. The molecular formula is C27H34N4O8S. The summed E-state index contributed by atoms with van der Waals surface area (Å²) in [6.45, 7) is 5.77. The number of hydrogen-bond donors (Lipinski definition) is 3. The summed E-state index contributed by atoms with van der Waals surface area (Å²) >= 11 is 0. The number of anilines is 1. The highest BCUT2D eigenvalue weighted by molar-refractivity contribution is 7.89. The number of carboxylic acids is 1. The van der Waals surface area contributed by atoms with Crippen molar-refractivity contribution in [1.82, 2.24) is 14.5 Å². The van der Waals surface area contributed by atoms with Crippen LogP contribution in [0.4, 0.5) is 5.69 Å². The van der Waals surface area contributed by atoms with Gasteiger partial charge in [0.15, 0.2) is 5.69 Å². The fraction of sp³-hybridized carbons (Fsp3) is 0.370. The molecule has 2 aromatic carbocycles. The van der Waals surface area contributed by atoms with Crippen LogP contribution in [0.15, 0.2) is 47.4 Å². The lowest BCUT2D eigenvalue weighted by molar-refractivity contribution is -0.116. The van der Waals surface area contributed by atoms with E-state index < -0.39 is 16.0 Å². The zero-order valence-electron chi connectivity index (χ0n) is 23.1. The number of carboxylic acid groups (broad SMARTS) is 1. The molecule has 1 heterocycles. The van der Waals surface area contributed by atoms with Crippen LogP contribution in [0.5, 0.6) is 17.4 Å². The average Bonchev–Trinajstić information content (AvgIpc) is 3.23. The van der Waals surface area contributed by atoms with Crippen molar-refractivity contribution in [2.24, 2.45) is 5.92 Å². The molecule has 0 bridgehead atoms. The molecule has 0 saturated heterocycles. The Labute approximate surface area is 233 Å². The first-order chi connectivity index (χ1) is 19.0. The van der Waals surface area contributed by atoms with Gasteiger partial charge in [0, 0.05) is 37.9 Å². The lowest BCUT2D eigenvalue weighted by Gasteiger charge is -2.16. The molecule has 3 aromatic rings. The third-order valence-corrected chi connectivity index (χ3v) is 7.20. The number of ether oxygens (including phenoxy) is 3. The van der Waals surface area contributed by atoms with E-state index in [4.69, 9.17) is 14.2 Å². The Bertz CT molecular complexity index is 1450. The van der Waals surface area contributed by atoms with Gasteiger partial charge in [-0.2, -0.15) is 9.78 Å². The first-order valence-electron chi connectivity index (χ1n) is 12.5. The maximum absolute atomic E-state index is 13.4. The lowest BCUT2D eigenvalue weighted by atomic mass is 10.1. The third-order valence-electron chi connectivity index (χ3n) is 5.72. The molecule has 0 fully saturated rings. The second-order valence-electron chi connectivity index (χ2n) is 9.35. The van der Waals surface area contributed by atoms with Crippen molar-refractivity contribution in [1.29, 1.82) is 0 Å².